The highest BCUT2D eigenvalue weighted by Crippen LogP contribution is 2.30. The molecule has 16 heavy (non-hydrogen) atoms. The van der Waals surface area contributed by atoms with E-state index in [1.165, 1.54) is 20.9 Å². The van der Waals surface area contributed by atoms with E-state index >= 15 is 0 Å². The van der Waals surface area contributed by atoms with Crippen molar-refractivity contribution in [1.82, 2.24) is 0 Å². The van der Waals surface area contributed by atoms with E-state index < -0.39 is 0 Å². The topological polar surface area (TPSA) is 0 Å². The summed E-state index contributed by atoms with van der Waals surface area (Å²) in [4.78, 5) is 2.72. The van der Waals surface area contributed by atoms with Crippen LogP contribution < -0.4 is 0 Å². The van der Waals surface area contributed by atoms with Gasteiger partial charge in [0.05, 0.1) is 0 Å². The molecule has 1 heteroatoms. The Bertz CT molecular complexity index is 447. The third-order valence-corrected chi connectivity index (χ3v) is 3.57. The summed E-state index contributed by atoms with van der Waals surface area (Å²) in [7, 11) is 0. The standard InChI is InChI=1S/C15H16S/c1-12-4-3-5-14(9-6-12)16-15-10-7-13(2)8-11-15/h3-4,6-11H,5H2,1-2H3. The van der Waals surface area contributed by atoms with Gasteiger partial charge in [0.2, 0.25) is 0 Å². The summed E-state index contributed by atoms with van der Waals surface area (Å²) < 4.78 is 0. The number of hydrogen-bond donors (Lipinski definition) is 0. The lowest BCUT2D eigenvalue weighted by atomic mass is 10.2. The third-order valence-electron chi connectivity index (χ3n) is 2.50. The molecule has 0 amide bonds. The van der Waals surface area contributed by atoms with Crippen LogP contribution in [0.2, 0.25) is 0 Å². The maximum absolute atomic E-state index is 2.23. The molecule has 0 N–H and O–H groups in total. The second kappa shape index (κ2) is 5.22. The van der Waals surface area contributed by atoms with E-state index in [0.29, 0.717) is 0 Å². The predicted octanol–water partition coefficient (Wildman–Crippen LogP) is 4.88. The molecule has 0 saturated heterocycles. The first-order chi connectivity index (χ1) is 7.74. The average Bonchev–Trinajstić information content (AvgIpc) is 2.47. The molecule has 82 valence electrons. The highest BCUT2D eigenvalue weighted by atomic mass is 32.2. The number of aryl methyl sites for hydroxylation is 1. The molecule has 0 atom stereocenters. The highest BCUT2D eigenvalue weighted by Gasteiger charge is 2.00. The zero-order chi connectivity index (χ0) is 11.4. The summed E-state index contributed by atoms with van der Waals surface area (Å²) in [5.74, 6) is 0. The molecule has 0 unspecified atom stereocenters. The molecule has 0 aromatic heterocycles. The van der Waals surface area contributed by atoms with Crippen molar-refractivity contribution in [1.29, 1.82) is 0 Å². The van der Waals surface area contributed by atoms with Crippen LogP contribution in [0.4, 0.5) is 0 Å². The Morgan fingerprint density at radius 3 is 2.50 bits per heavy atom. The van der Waals surface area contributed by atoms with Crippen molar-refractivity contribution in [2.75, 3.05) is 0 Å². The predicted molar refractivity (Wildman–Crippen MR) is 72.6 cm³/mol. The van der Waals surface area contributed by atoms with Crippen LogP contribution in [0.15, 0.2) is 63.9 Å². The molecule has 1 aliphatic rings. The molecule has 0 radical (unpaired) electrons. The van der Waals surface area contributed by atoms with Crippen molar-refractivity contribution in [3.05, 3.63) is 64.6 Å². The maximum atomic E-state index is 2.23. The third kappa shape index (κ3) is 3.14. The van der Waals surface area contributed by atoms with Crippen molar-refractivity contribution in [3.63, 3.8) is 0 Å². The fraction of sp³-hybridized carbons (Fsp3) is 0.200. The fourth-order valence-corrected chi connectivity index (χ4v) is 2.43. The Hall–Kier alpha value is -1.21. The molecule has 0 heterocycles. The number of rotatable bonds is 2. The first-order valence-corrected chi connectivity index (χ1v) is 6.34. The van der Waals surface area contributed by atoms with Crippen molar-refractivity contribution in [2.45, 2.75) is 25.2 Å². The molecule has 0 aliphatic heterocycles. The molecule has 1 aromatic rings. The van der Waals surface area contributed by atoms with Gasteiger partial charge in [0.1, 0.15) is 0 Å². The molecule has 1 aromatic carbocycles. The summed E-state index contributed by atoms with van der Waals surface area (Å²) in [6, 6.07) is 8.70. The van der Waals surface area contributed by atoms with Crippen LogP contribution in [-0.2, 0) is 0 Å². The monoisotopic (exact) mass is 228 g/mol. The zero-order valence-corrected chi connectivity index (χ0v) is 10.6. The van der Waals surface area contributed by atoms with Gasteiger partial charge >= 0.3 is 0 Å². The molecule has 0 bridgehead atoms. The largest absolute Gasteiger partial charge is 0.0942 e. The first kappa shape index (κ1) is 11.3. The summed E-state index contributed by atoms with van der Waals surface area (Å²) in [6.07, 6.45) is 9.84. The van der Waals surface area contributed by atoms with Crippen molar-refractivity contribution in [2.24, 2.45) is 0 Å². The van der Waals surface area contributed by atoms with Gasteiger partial charge in [-0.15, -0.1) is 0 Å². The quantitative estimate of drug-likeness (QED) is 0.695. The Kier molecular flexibility index (Phi) is 3.68. The van der Waals surface area contributed by atoms with Crippen LogP contribution in [0.1, 0.15) is 18.9 Å². The number of benzene rings is 1. The fourth-order valence-electron chi connectivity index (χ4n) is 1.54. The van der Waals surface area contributed by atoms with E-state index in [0.717, 1.165) is 6.42 Å². The summed E-state index contributed by atoms with van der Waals surface area (Å²) in [5.41, 5.74) is 2.63. The Morgan fingerprint density at radius 2 is 1.75 bits per heavy atom. The lowest BCUT2D eigenvalue weighted by Crippen LogP contribution is -1.76. The molecular weight excluding hydrogens is 212 g/mol. The Morgan fingerprint density at radius 1 is 1.00 bits per heavy atom. The van der Waals surface area contributed by atoms with Crippen LogP contribution in [0.5, 0.6) is 0 Å². The lowest BCUT2D eigenvalue weighted by molar-refractivity contribution is 1.34. The molecule has 0 fully saturated rings. The van der Waals surface area contributed by atoms with Gasteiger partial charge in [-0.3, -0.25) is 0 Å². The van der Waals surface area contributed by atoms with E-state index in [1.807, 2.05) is 11.8 Å². The van der Waals surface area contributed by atoms with Crippen LogP contribution in [0.25, 0.3) is 0 Å². The SMILES string of the molecule is CC1=CC=C(Sc2ccc(C)cc2)CC=C1. The molecule has 0 nitrogen and oxygen atoms in total. The van der Waals surface area contributed by atoms with Gasteiger partial charge in [-0.05, 0) is 37.3 Å². The Balaban J connectivity index is 2.10. The van der Waals surface area contributed by atoms with Gasteiger partial charge in [-0.25, -0.2) is 0 Å². The van der Waals surface area contributed by atoms with Gasteiger partial charge in [-0.1, -0.05) is 59.3 Å². The number of thioether (sulfide) groups is 1. The average molecular weight is 228 g/mol. The van der Waals surface area contributed by atoms with E-state index in [2.05, 4.69) is 62.4 Å². The second-order valence-electron chi connectivity index (χ2n) is 4.07. The minimum absolute atomic E-state index is 1.03. The van der Waals surface area contributed by atoms with Crippen LogP contribution in [0, 0.1) is 6.92 Å². The van der Waals surface area contributed by atoms with Crippen LogP contribution in [-0.4, -0.2) is 0 Å². The van der Waals surface area contributed by atoms with Crippen molar-refractivity contribution < 1.29 is 0 Å². The van der Waals surface area contributed by atoms with Gasteiger partial charge < -0.3 is 0 Å². The minimum atomic E-state index is 1.03. The van der Waals surface area contributed by atoms with Gasteiger partial charge in [0, 0.05) is 4.90 Å². The molecule has 0 spiro atoms. The number of hydrogen-bond acceptors (Lipinski definition) is 1. The lowest BCUT2D eigenvalue weighted by Gasteiger charge is -2.03. The van der Waals surface area contributed by atoms with Crippen LogP contribution >= 0.6 is 11.8 Å². The van der Waals surface area contributed by atoms with E-state index in [9.17, 15) is 0 Å². The van der Waals surface area contributed by atoms with Crippen LogP contribution in [0.3, 0.4) is 0 Å². The molecule has 0 saturated carbocycles. The maximum Gasteiger partial charge on any atom is 0.0119 e. The van der Waals surface area contributed by atoms with Gasteiger partial charge in [0.15, 0.2) is 0 Å². The van der Waals surface area contributed by atoms with Gasteiger partial charge in [-0.2, -0.15) is 0 Å². The van der Waals surface area contributed by atoms with E-state index in [1.54, 1.807) is 0 Å². The highest BCUT2D eigenvalue weighted by molar-refractivity contribution is 8.03. The first-order valence-electron chi connectivity index (χ1n) is 5.52. The number of allylic oxidation sites excluding steroid dienone is 6. The van der Waals surface area contributed by atoms with Crippen molar-refractivity contribution in [3.8, 4) is 0 Å². The summed E-state index contributed by atoms with van der Waals surface area (Å²) >= 11 is 1.85. The van der Waals surface area contributed by atoms with Gasteiger partial charge in [0.25, 0.3) is 0 Å². The molecule has 1 aliphatic carbocycles. The minimum Gasteiger partial charge on any atom is -0.0942 e. The summed E-state index contributed by atoms with van der Waals surface area (Å²) in [5, 5.41) is 0. The summed E-state index contributed by atoms with van der Waals surface area (Å²) in [6.45, 7) is 4.25. The second-order valence-corrected chi connectivity index (χ2v) is 5.27. The van der Waals surface area contributed by atoms with E-state index in [4.69, 9.17) is 0 Å². The zero-order valence-electron chi connectivity index (χ0n) is 9.73. The Labute approximate surface area is 102 Å². The molecular formula is C15H16S. The van der Waals surface area contributed by atoms with E-state index in [-0.39, 0.29) is 0 Å². The normalized spacial score (nSPS) is 15.4. The smallest absolute Gasteiger partial charge is 0.0119 e. The van der Waals surface area contributed by atoms with Crippen molar-refractivity contribution >= 4 is 11.8 Å². The molecule has 2 rings (SSSR count).